The molecule has 0 aliphatic heterocycles. The summed E-state index contributed by atoms with van der Waals surface area (Å²) in [5.41, 5.74) is 1.11. The first-order chi connectivity index (χ1) is 16.5. The van der Waals surface area contributed by atoms with Gasteiger partial charge in [0, 0.05) is 25.1 Å². The topological polar surface area (TPSA) is 58.6 Å². The quantitative estimate of drug-likeness (QED) is 0.452. The highest BCUT2D eigenvalue weighted by Crippen LogP contribution is 2.19. The number of carbonyl (C=O) groups is 2. The maximum absolute atomic E-state index is 14.5. The van der Waals surface area contributed by atoms with Crippen molar-refractivity contribution in [2.75, 3.05) is 13.2 Å². The Labute approximate surface area is 198 Å². The molecule has 0 bridgehead atoms. The molecule has 0 spiro atoms. The van der Waals surface area contributed by atoms with Crippen molar-refractivity contribution in [3.8, 4) is 5.75 Å². The van der Waals surface area contributed by atoms with E-state index in [1.54, 1.807) is 24.3 Å². The molecule has 0 radical (unpaired) electrons. The molecule has 5 nitrogen and oxygen atoms in total. The number of benzene rings is 3. The molecule has 0 saturated carbocycles. The van der Waals surface area contributed by atoms with Gasteiger partial charge in [0.05, 0.1) is 0 Å². The van der Waals surface area contributed by atoms with Crippen LogP contribution in [0.2, 0.25) is 0 Å². The Balaban J connectivity index is 1.91. The maximum Gasteiger partial charge on any atom is 0.261 e. The summed E-state index contributed by atoms with van der Waals surface area (Å²) in [4.78, 5) is 27.8. The van der Waals surface area contributed by atoms with Crippen LogP contribution in [0.1, 0.15) is 24.5 Å². The first-order valence-electron chi connectivity index (χ1n) is 11.2. The van der Waals surface area contributed by atoms with Gasteiger partial charge in [-0.25, -0.2) is 8.78 Å². The predicted octanol–water partition coefficient (Wildman–Crippen LogP) is 4.51. The van der Waals surface area contributed by atoms with Crippen molar-refractivity contribution in [2.45, 2.75) is 32.4 Å². The van der Waals surface area contributed by atoms with Gasteiger partial charge in [0.2, 0.25) is 5.91 Å². The van der Waals surface area contributed by atoms with E-state index in [1.165, 1.54) is 29.2 Å². The van der Waals surface area contributed by atoms with E-state index in [9.17, 15) is 18.4 Å². The van der Waals surface area contributed by atoms with E-state index in [2.05, 4.69) is 5.32 Å². The number of ether oxygens (including phenoxy) is 1. The molecule has 2 amide bonds. The van der Waals surface area contributed by atoms with E-state index in [-0.39, 0.29) is 30.2 Å². The van der Waals surface area contributed by atoms with Gasteiger partial charge in [-0.1, -0.05) is 67.6 Å². The summed E-state index contributed by atoms with van der Waals surface area (Å²) in [5, 5.41) is 2.84. The van der Waals surface area contributed by atoms with Crippen molar-refractivity contribution in [2.24, 2.45) is 0 Å². The Hall–Kier alpha value is -3.74. The SMILES string of the molecule is CCCNC(=O)C(Cc1ccccc1)N(Cc1ccccc1F)C(=O)COc1ccccc1F. The smallest absolute Gasteiger partial charge is 0.261 e. The third-order valence-corrected chi connectivity index (χ3v) is 5.31. The molecule has 34 heavy (non-hydrogen) atoms. The zero-order valence-electron chi connectivity index (χ0n) is 19.0. The molecule has 0 fully saturated rings. The van der Waals surface area contributed by atoms with Gasteiger partial charge < -0.3 is 15.0 Å². The standard InChI is InChI=1S/C27H28F2N2O3/c1-2-16-30-27(33)24(17-20-10-4-3-5-11-20)31(18-21-12-6-7-13-22(21)28)26(32)19-34-25-15-9-8-14-23(25)29/h3-15,24H,2,16-19H2,1H3,(H,30,33). The molecule has 0 heterocycles. The highest BCUT2D eigenvalue weighted by atomic mass is 19.1. The lowest BCUT2D eigenvalue weighted by molar-refractivity contribution is -0.142. The number of hydrogen-bond acceptors (Lipinski definition) is 3. The van der Waals surface area contributed by atoms with E-state index in [0.29, 0.717) is 6.54 Å². The number of rotatable bonds is 11. The average Bonchev–Trinajstić information content (AvgIpc) is 2.85. The molecule has 1 unspecified atom stereocenters. The van der Waals surface area contributed by atoms with Crippen LogP contribution in [-0.4, -0.2) is 35.9 Å². The summed E-state index contributed by atoms with van der Waals surface area (Å²) in [6.07, 6.45) is 0.956. The van der Waals surface area contributed by atoms with E-state index in [1.807, 2.05) is 37.3 Å². The van der Waals surface area contributed by atoms with Gasteiger partial charge in [0.15, 0.2) is 18.2 Å². The Morgan fingerprint density at radius 2 is 1.56 bits per heavy atom. The molecular weight excluding hydrogens is 438 g/mol. The van der Waals surface area contributed by atoms with Gasteiger partial charge in [0.25, 0.3) is 5.91 Å². The van der Waals surface area contributed by atoms with Gasteiger partial charge in [-0.2, -0.15) is 0 Å². The second-order valence-corrected chi connectivity index (χ2v) is 7.83. The molecule has 3 aromatic carbocycles. The molecule has 3 aromatic rings. The number of hydrogen-bond donors (Lipinski definition) is 1. The predicted molar refractivity (Wildman–Crippen MR) is 126 cm³/mol. The number of halogens is 2. The van der Waals surface area contributed by atoms with Crippen molar-refractivity contribution >= 4 is 11.8 Å². The normalized spacial score (nSPS) is 11.5. The lowest BCUT2D eigenvalue weighted by Gasteiger charge is -2.31. The van der Waals surface area contributed by atoms with Crippen LogP contribution in [0.3, 0.4) is 0 Å². The minimum absolute atomic E-state index is 0.0725. The summed E-state index contributed by atoms with van der Waals surface area (Å²) in [6.45, 7) is 1.74. The van der Waals surface area contributed by atoms with Crippen molar-refractivity contribution < 1.29 is 23.1 Å². The number of nitrogens with one attached hydrogen (secondary N) is 1. The minimum Gasteiger partial charge on any atom is -0.481 e. The molecule has 0 aliphatic rings. The van der Waals surface area contributed by atoms with Gasteiger partial charge in [-0.3, -0.25) is 9.59 Å². The van der Waals surface area contributed by atoms with Crippen LogP contribution in [0.4, 0.5) is 8.78 Å². The first-order valence-corrected chi connectivity index (χ1v) is 11.2. The molecule has 7 heteroatoms. The number of para-hydroxylation sites is 1. The molecule has 1 atom stereocenters. The maximum atomic E-state index is 14.5. The zero-order valence-corrected chi connectivity index (χ0v) is 19.0. The zero-order chi connectivity index (χ0) is 24.3. The largest absolute Gasteiger partial charge is 0.481 e. The fourth-order valence-corrected chi connectivity index (χ4v) is 3.51. The summed E-state index contributed by atoms with van der Waals surface area (Å²) >= 11 is 0. The summed E-state index contributed by atoms with van der Waals surface area (Å²) in [6, 6.07) is 20.2. The number of amides is 2. The Morgan fingerprint density at radius 3 is 2.24 bits per heavy atom. The van der Waals surface area contributed by atoms with Crippen molar-refractivity contribution in [1.82, 2.24) is 10.2 Å². The van der Waals surface area contributed by atoms with Crippen LogP contribution < -0.4 is 10.1 Å². The third kappa shape index (κ3) is 6.88. The number of nitrogens with zero attached hydrogens (tertiary/aromatic N) is 1. The van der Waals surface area contributed by atoms with Crippen LogP contribution in [0.5, 0.6) is 5.75 Å². The molecule has 0 aromatic heterocycles. The van der Waals surface area contributed by atoms with Crippen LogP contribution in [-0.2, 0) is 22.6 Å². The average molecular weight is 467 g/mol. The Morgan fingerprint density at radius 1 is 0.912 bits per heavy atom. The highest BCUT2D eigenvalue weighted by molar-refractivity contribution is 5.88. The lowest BCUT2D eigenvalue weighted by atomic mass is 10.0. The molecule has 178 valence electrons. The fourth-order valence-electron chi connectivity index (χ4n) is 3.51. The molecule has 0 saturated heterocycles. The van der Waals surface area contributed by atoms with Crippen molar-refractivity contribution in [3.05, 3.63) is 102 Å². The first kappa shape index (κ1) is 24.9. The van der Waals surface area contributed by atoms with Gasteiger partial charge in [-0.15, -0.1) is 0 Å². The van der Waals surface area contributed by atoms with Gasteiger partial charge in [-0.05, 0) is 30.2 Å². The summed E-state index contributed by atoms with van der Waals surface area (Å²) in [7, 11) is 0. The third-order valence-electron chi connectivity index (χ3n) is 5.31. The highest BCUT2D eigenvalue weighted by Gasteiger charge is 2.31. The molecular formula is C27H28F2N2O3. The summed E-state index contributed by atoms with van der Waals surface area (Å²) in [5.74, 6) is -2.06. The van der Waals surface area contributed by atoms with E-state index in [0.717, 1.165) is 12.0 Å². The molecule has 1 N–H and O–H groups in total. The monoisotopic (exact) mass is 466 g/mol. The molecule has 0 aliphatic carbocycles. The lowest BCUT2D eigenvalue weighted by Crippen LogP contribution is -2.52. The van der Waals surface area contributed by atoms with Crippen LogP contribution in [0.25, 0.3) is 0 Å². The van der Waals surface area contributed by atoms with Crippen molar-refractivity contribution in [1.29, 1.82) is 0 Å². The Kier molecular flexibility index (Phi) is 9.14. The Bertz CT molecular complexity index is 1090. The van der Waals surface area contributed by atoms with E-state index in [4.69, 9.17) is 4.74 Å². The molecule has 3 rings (SSSR count). The van der Waals surface area contributed by atoms with E-state index >= 15 is 0 Å². The fraction of sp³-hybridized carbons (Fsp3) is 0.259. The second-order valence-electron chi connectivity index (χ2n) is 7.83. The number of carbonyl (C=O) groups excluding carboxylic acids is 2. The van der Waals surface area contributed by atoms with E-state index < -0.39 is 30.2 Å². The van der Waals surface area contributed by atoms with Crippen LogP contribution >= 0.6 is 0 Å². The van der Waals surface area contributed by atoms with Gasteiger partial charge in [0.1, 0.15) is 11.9 Å². The minimum atomic E-state index is -0.912. The van der Waals surface area contributed by atoms with Crippen LogP contribution in [0, 0.1) is 11.6 Å². The second kappa shape index (κ2) is 12.5. The van der Waals surface area contributed by atoms with Gasteiger partial charge >= 0.3 is 0 Å². The van der Waals surface area contributed by atoms with Crippen LogP contribution in [0.15, 0.2) is 78.9 Å². The van der Waals surface area contributed by atoms with Crippen molar-refractivity contribution in [3.63, 3.8) is 0 Å². The summed E-state index contributed by atoms with van der Waals surface area (Å²) < 4.78 is 33.9.